The summed E-state index contributed by atoms with van der Waals surface area (Å²) in [7, 11) is 0.618. The number of benzene rings is 2. The zero-order chi connectivity index (χ0) is 20.7. The van der Waals surface area contributed by atoms with E-state index < -0.39 is 10.0 Å². The van der Waals surface area contributed by atoms with Gasteiger partial charge in [-0.15, -0.1) is 0 Å². The molecule has 0 saturated heterocycles. The molecular weight excluding hydrogens is 368 g/mol. The van der Waals surface area contributed by atoms with Crippen molar-refractivity contribution < 1.29 is 8.42 Å². The average Bonchev–Trinajstić information content (AvgIpc) is 2.58. The van der Waals surface area contributed by atoms with Crippen molar-refractivity contribution in [2.75, 3.05) is 26.9 Å². The SMILES string of the molecule is CC(C)Cc1cccc(CN([C@@H](Cc2ccccc2)CN(C)C)S(C)(=O)=O)c1. The first-order valence-electron chi connectivity index (χ1n) is 9.88. The predicted molar refractivity (Wildman–Crippen MR) is 118 cm³/mol. The Kier molecular flexibility index (Phi) is 8.23. The molecule has 0 aliphatic heterocycles. The molecule has 0 bridgehead atoms. The molecule has 0 N–H and O–H groups in total. The number of hydrogen-bond donors (Lipinski definition) is 0. The molecule has 0 spiro atoms. The number of nitrogens with zero attached hydrogens (tertiary/aromatic N) is 2. The van der Waals surface area contributed by atoms with Crippen LogP contribution in [-0.4, -0.2) is 50.6 Å². The van der Waals surface area contributed by atoms with E-state index in [4.69, 9.17) is 0 Å². The van der Waals surface area contributed by atoms with Crippen molar-refractivity contribution in [2.45, 2.75) is 39.3 Å². The fourth-order valence-corrected chi connectivity index (χ4v) is 4.65. The van der Waals surface area contributed by atoms with Crippen molar-refractivity contribution in [1.82, 2.24) is 9.21 Å². The van der Waals surface area contributed by atoms with Gasteiger partial charge in [0, 0.05) is 19.1 Å². The summed E-state index contributed by atoms with van der Waals surface area (Å²) in [5.41, 5.74) is 3.45. The highest BCUT2D eigenvalue weighted by molar-refractivity contribution is 7.88. The first kappa shape index (κ1) is 22.6. The molecule has 154 valence electrons. The van der Waals surface area contributed by atoms with E-state index in [1.807, 2.05) is 44.4 Å². The van der Waals surface area contributed by atoms with Crippen LogP contribution >= 0.6 is 0 Å². The summed E-state index contributed by atoms with van der Waals surface area (Å²) in [6.45, 7) is 5.47. The van der Waals surface area contributed by atoms with Crippen molar-refractivity contribution in [3.05, 3.63) is 71.3 Å². The molecule has 2 rings (SSSR count). The molecule has 0 unspecified atom stereocenters. The van der Waals surface area contributed by atoms with Crippen molar-refractivity contribution >= 4 is 10.0 Å². The number of rotatable bonds is 10. The summed E-state index contributed by atoms with van der Waals surface area (Å²) in [4.78, 5) is 2.06. The minimum Gasteiger partial charge on any atom is -0.308 e. The molecule has 0 aliphatic carbocycles. The van der Waals surface area contributed by atoms with Crippen LogP contribution in [0.3, 0.4) is 0 Å². The van der Waals surface area contributed by atoms with Gasteiger partial charge in [0.2, 0.25) is 10.0 Å². The molecule has 2 aromatic rings. The van der Waals surface area contributed by atoms with E-state index in [1.165, 1.54) is 11.8 Å². The van der Waals surface area contributed by atoms with Crippen LogP contribution in [0, 0.1) is 5.92 Å². The van der Waals surface area contributed by atoms with Crippen molar-refractivity contribution in [2.24, 2.45) is 5.92 Å². The van der Waals surface area contributed by atoms with Gasteiger partial charge < -0.3 is 4.90 Å². The first-order chi connectivity index (χ1) is 13.1. The highest BCUT2D eigenvalue weighted by Gasteiger charge is 2.27. The average molecular weight is 403 g/mol. The molecule has 0 fully saturated rings. The van der Waals surface area contributed by atoms with E-state index in [0.29, 0.717) is 25.4 Å². The van der Waals surface area contributed by atoms with Crippen LogP contribution < -0.4 is 0 Å². The van der Waals surface area contributed by atoms with Crippen LogP contribution in [0.15, 0.2) is 54.6 Å². The molecule has 0 saturated carbocycles. The second-order valence-electron chi connectivity index (χ2n) is 8.33. The second kappa shape index (κ2) is 10.2. The molecule has 0 amide bonds. The monoisotopic (exact) mass is 402 g/mol. The minimum atomic E-state index is -3.36. The van der Waals surface area contributed by atoms with E-state index in [1.54, 1.807) is 4.31 Å². The molecule has 2 aromatic carbocycles. The standard InChI is InChI=1S/C23H34N2O2S/c1-19(2)14-21-12-9-13-22(15-21)17-25(28(5,26)27)23(18-24(3)4)16-20-10-7-6-8-11-20/h6-13,15,19,23H,14,16-18H2,1-5H3/t23-/m0/s1. The van der Waals surface area contributed by atoms with Crippen molar-refractivity contribution in [1.29, 1.82) is 0 Å². The van der Waals surface area contributed by atoms with E-state index in [0.717, 1.165) is 17.5 Å². The molecule has 0 aromatic heterocycles. The molecule has 0 heterocycles. The quantitative estimate of drug-likeness (QED) is 0.607. The van der Waals surface area contributed by atoms with Gasteiger partial charge in [-0.05, 0) is 49.5 Å². The molecule has 4 nitrogen and oxygen atoms in total. The van der Waals surface area contributed by atoms with Gasteiger partial charge in [0.1, 0.15) is 0 Å². The predicted octanol–water partition coefficient (Wildman–Crippen LogP) is 3.82. The van der Waals surface area contributed by atoms with Crippen LogP contribution in [0.5, 0.6) is 0 Å². The smallest absolute Gasteiger partial charge is 0.211 e. The van der Waals surface area contributed by atoms with Gasteiger partial charge in [-0.2, -0.15) is 4.31 Å². The molecular formula is C23H34N2O2S. The summed E-state index contributed by atoms with van der Waals surface area (Å²) < 4.78 is 27.1. The Bertz CT molecular complexity index is 833. The fourth-order valence-electron chi connectivity index (χ4n) is 3.59. The Labute approximate surface area is 171 Å². The van der Waals surface area contributed by atoms with E-state index in [9.17, 15) is 8.42 Å². The van der Waals surface area contributed by atoms with Crippen molar-refractivity contribution in [3.8, 4) is 0 Å². The molecule has 28 heavy (non-hydrogen) atoms. The summed E-state index contributed by atoms with van der Waals surface area (Å²) in [5, 5.41) is 0. The lowest BCUT2D eigenvalue weighted by Crippen LogP contribution is -2.45. The third-order valence-electron chi connectivity index (χ3n) is 4.70. The van der Waals surface area contributed by atoms with Crippen LogP contribution in [0.25, 0.3) is 0 Å². The van der Waals surface area contributed by atoms with Crippen LogP contribution in [0.4, 0.5) is 0 Å². The highest BCUT2D eigenvalue weighted by Crippen LogP contribution is 2.19. The Morgan fingerprint density at radius 1 is 0.857 bits per heavy atom. The number of hydrogen-bond acceptors (Lipinski definition) is 3. The Balaban J connectivity index is 2.31. The van der Waals surface area contributed by atoms with E-state index in [2.05, 4.69) is 43.0 Å². The van der Waals surface area contributed by atoms with Gasteiger partial charge in [0.05, 0.1) is 6.26 Å². The Morgan fingerprint density at radius 2 is 1.46 bits per heavy atom. The van der Waals surface area contributed by atoms with Crippen LogP contribution in [0.1, 0.15) is 30.5 Å². The van der Waals surface area contributed by atoms with Gasteiger partial charge in [0.15, 0.2) is 0 Å². The van der Waals surface area contributed by atoms with Gasteiger partial charge in [0.25, 0.3) is 0 Å². The molecule has 0 aliphatic rings. The maximum atomic E-state index is 12.7. The third-order valence-corrected chi connectivity index (χ3v) is 5.98. The molecule has 1 atom stereocenters. The topological polar surface area (TPSA) is 40.6 Å². The Hall–Kier alpha value is -1.69. The third kappa shape index (κ3) is 7.38. The second-order valence-corrected chi connectivity index (χ2v) is 10.3. The molecule has 5 heteroatoms. The lowest BCUT2D eigenvalue weighted by molar-refractivity contribution is 0.245. The summed E-state index contributed by atoms with van der Waals surface area (Å²) in [6.07, 6.45) is 3.01. The Morgan fingerprint density at radius 3 is 2.04 bits per heavy atom. The maximum Gasteiger partial charge on any atom is 0.211 e. The van der Waals surface area contributed by atoms with Crippen LogP contribution in [0.2, 0.25) is 0 Å². The largest absolute Gasteiger partial charge is 0.308 e. The van der Waals surface area contributed by atoms with Crippen LogP contribution in [-0.2, 0) is 29.4 Å². The lowest BCUT2D eigenvalue weighted by Gasteiger charge is -2.32. The van der Waals surface area contributed by atoms with E-state index in [-0.39, 0.29) is 6.04 Å². The zero-order valence-electron chi connectivity index (χ0n) is 17.8. The minimum absolute atomic E-state index is 0.124. The van der Waals surface area contributed by atoms with E-state index >= 15 is 0 Å². The maximum absolute atomic E-state index is 12.7. The molecule has 0 radical (unpaired) electrons. The van der Waals surface area contributed by atoms with Gasteiger partial charge in [-0.1, -0.05) is 68.4 Å². The summed E-state index contributed by atoms with van der Waals surface area (Å²) in [6, 6.07) is 18.3. The lowest BCUT2D eigenvalue weighted by atomic mass is 10.0. The zero-order valence-corrected chi connectivity index (χ0v) is 18.6. The summed E-state index contributed by atoms with van der Waals surface area (Å²) >= 11 is 0. The highest BCUT2D eigenvalue weighted by atomic mass is 32.2. The summed E-state index contributed by atoms with van der Waals surface area (Å²) in [5.74, 6) is 0.570. The number of likely N-dealkylation sites (N-methyl/N-ethyl adjacent to an activating group) is 1. The van der Waals surface area contributed by atoms with Crippen molar-refractivity contribution in [3.63, 3.8) is 0 Å². The van der Waals surface area contributed by atoms with Gasteiger partial charge >= 0.3 is 0 Å². The van der Waals surface area contributed by atoms with Gasteiger partial charge in [-0.3, -0.25) is 0 Å². The first-order valence-corrected chi connectivity index (χ1v) is 11.7. The van der Waals surface area contributed by atoms with Gasteiger partial charge in [-0.25, -0.2) is 8.42 Å². The fraction of sp³-hybridized carbons (Fsp3) is 0.478. The number of sulfonamides is 1. The normalized spacial score (nSPS) is 13.4.